The Labute approximate surface area is 176 Å². The number of hydrogen-bond donors (Lipinski definition) is 3. The molecule has 1 aliphatic rings. The molecule has 3 rings (SSSR count). The molecule has 0 radical (unpaired) electrons. The van der Waals surface area contributed by atoms with Crippen LogP contribution in [0, 0.1) is 0 Å². The van der Waals surface area contributed by atoms with E-state index in [-0.39, 0.29) is 11.9 Å². The summed E-state index contributed by atoms with van der Waals surface area (Å²) >= 11 is 5.95. The number of nitrogens with one attached hydrogen (secondary N) is 3. The number of ether oxygens (including phenoxy) is 1. The van der Waals surface area contributed by atoms with E-state index in [1.54, 1.807) is 31.2 Å². The van der Waals surface area contributed by atoms with Crippen molar-refractivity contribution in [2.45, 2.75) is 32.4 Å². The first-order valence-electron chi connectivity index (χ1n) is 9.96. The van der Waals surface area contributed by atoms with Crippen LogP contribution in [-0.2, 0) is 11.3 Å². The number of likely N-dealkylation sites (tertiary alicyclic amines) is 1. The largest absolute Gasteiger partial charge is 0.450 e. The molecule has 1 heterocycles. The minimum Gasteiger partial charge on any atom is -0.450 e. The van der Waals surface area contributed by atoms with E-state index in [0.717, 1.165) is 37.5 Å². The zero-order valence-electron chi connectivity index (χ0n) is 16.5. The summed E-state index contributed by atoms with van der Waals surface area (Å²) in [4.78, 5) is 25.7. The predicted molar refractivity (Wildman–Crippen MR) is 113 cm³/mol. The fourth-order valence-corrected chi connectivity index (χ4v) is 3.66. The number of anilines is 1. The monoisotopic (exact) mass is 416 g/mol. The highest BCUT2D eigenvalue weighted by Crippen LogP contribution is 2.13. The summed E-state index contributed by atoms with van der Waals surface area (Å²) in [6.07, 6.45) is 1.35. The van der Waals surface area contributed by atoms with E-state index in [9.17, 15) is 9.59 Å². The van der Waals surface area contributed by atoms with Crippen molar-refractivity contribution < 1.29 is 19.2 Å². The molecule has 29 heavy (non-hydrogen) atoms. The summed E-state index contributed by atoms with van der Waals surface area (Å²) in [5.41, 5.74) is 2.34. The lowest BCUT2D eigenvalue weighted by molar-refractivity contribution is -0.918. The zero-order chi connectivity index (χ0) is 20.6. The van der Waals surface area contributed by atoms with Crippen LogP contribution in [0.4, 0.5) is 10.5 Å². The third-order valence-corrected chi connectivity index (χ3v) is 5.29. The first kappa shape index (κ1) is 21.1. The highest BCUT2D eigenvalue weighted by molar-refractivity contribution is 6.30. The van der Waals surface area contributed by atoms with Crippen LogP contribution < -0.4 is 15.5 Å². The average Bonchev–Trinajstić information content (AvgIpc) is 2.71. The Kier molecular flexibility index (Phi) is 7.49. The topological polar surface area (TPSA) is 71.9 Å². The number of quaternary nitrogens is 1. The van der Waals surface area contributed by atoms with Gasteiger partial charge in [-0.3, -0.25) is 10.1 Å². The number of carbonyl (C=O) groups is 2. The van der Waals surface area contributed by atoms with Crippen molar-refractivity contribution in [3.8, 4) is 0 Å². The van der Waals surface area contributed by atoms with E-state index in [2.05, 4.69) is 22.8 Å². The van der Waals surface area contributed by atoms with Crippen molar-refractivity contribution in [1.29, 1.82) is 0 Å². The SMILES string of the molecule is CCOC(=O)Nc1cccc(C(=O)NC2CC[NH+](Cc3ccc(Cl)cc3)CC2)c1. The van der Waals surface area contributed by atoms with E-state index in [4.69, 9.17) is 16.3 Å². The molecule has 1 saturated heterocycles. The molecule has 2 aromatic rings. The standard InChI is InChI=1S/C22H26ClN3O3/c1-2-29-22(28)25-20-5-3-4-17(14-20)21(27)24-19-10-12-26(13-11-19)15-16-6-8-18(23)9-7-16/h3-9,14,19H,2,10-13,15H2,1H3,(H,24,27)(H,25,28)/p+1. The van der Waals surface area contributed by atoms with Crippen LogP contribution >= 0.6 is 11.6 Å². The molecule has 7 heteroatoms. The quantitative estimate of drug-likeness (QED) is 0.678. The summed E-state index contributed by atoms with van der Waals surface area (Å²) in [5.74, 6) is -0.122. The van der Waals surface area contributed by atoms with Gasteiger partial charge in [-0.15, -0.1) is 0 Å². The fourth-order valence-electron chi connectivity index (χ4n) is 3.53. The van der Waals surface area contributed by atoms with Gasteiger partial charge in [0.05, 0.1) is 19.7 Å². The predicted octanol–water partition coefficient (Wildman–Crippen LogP) is 2.89. The van der Waals surface area contributed by atoms with Crippen molar-refractivity contribution in [3.63, 3.8) is 0 Å². The normalized spacial score (nSPS) is 18.7. The van der Waals surface area contributed by atoms with Gasteiger partial charge in [0.15, 0.2) is 0 Å². The van der Waals surface area contributed by atoms with E-state index < -0.39 is 6.09 Å². The molecule has 3 N–H and O–H groups in total. The van der Waals surface area contributed by atoms with Gasteiger partial charge in [-0.2, -0.15) is 0 Å². The third-order valence-electron chi connectivity index (χ3n) is 5.04. The summed E-state index contributed by atoms with van der Waals surface area (Å²) in [5, 5.41) is 6.50. The number of benzene rings is 2. The van der Waals surface area contributed by atoms with Gasteiger partial charge in [-0.25, -0.2) is 4.79 Å². The Balaban J connectivity index is 1.48. The van der Waals surface area contributed by atoms with Gasteiger partial charge in [0.1, 0.15) is 6.54 Å². The molecule has 0 bridgehead atoms. The Bertz CT molecular complexity index is 833. The second kappa shape index (κ2) is 10.3. The molecule has 0 aromatic heterocycles. The van der Waals surface area contributed by atoms with Crippen LogP contribution in [0.1, 0.15) is 35.7 Å². The van der Waals surface area contributed by atoms with Crippen LogP contribution in [-0.4, -0.2) is 37.7 Å². The van der Waals surface area contributed by atoms with Gasteiger partial charge in [-0.1, -0.05) is 29.8 Å². The molecule has 0 unspecified atom stereocenters. The number of hydrogen-bond acceptors (Lipinski definition) is 3. The van der Waals surface area contributed by atoms with Crippen LogP contribution in [0.15, 0.2) is 48.5 Å². The van der Waals surface area contributed by atoms with Gasteiger partial charge in [0.2, 0.25) is 0 Å². The van der Waals surface area contributed by atoms with E-state index >= 15 is 0 Å². The Hall–Kier alpha value is -2.57. The highest BCUT2D eigenvalue weighted by Gasteiger charge is 2.24. The molecular formula is C22H27ClN3O3+. The maximum absolute atomic E-state index is 12.6. The average molecular weight is 417 g/mol. The molecular weight excluding hydrogens is 390 g/mol. The van der Waals surface area contributed by atoms with Gasteiger partial charge in [-0.05, 0) is 37.3 Å². The fraction of sp³-hybridized carbons (Fsp3) is 0.364. The first-order valence-corrected chi connectivity index (χ1v) is 10.3. The summed E-state index contributed by atoms with van der Waals surface area (Å²) in [6, 6.07) is 15.0. The second-order valence-electron chi connectivity index (χ2n) is 7.23. The summed E-state index contributed by atoms with van der Waals surface area (Å²) < 4.78 is 4.87. The van der Waals surface area contributed by atoms with E-state index in [1.807, 2.05) is 12.1 Å². The maximum atomic E-state index is 12.6. The lowest BCUT2D eigenvalue weighted by atomic mass is 10.0. The highest BCUT2D eigenvalue weighted by atomic mass is 35.5. The van der Waals surface area contributed by atoms with Gasteiger partial charge in [0.25, 0.3) is 5.91 Å². The molecule has 0 aliphatic carbocycles. The van der Waals surface area contributed by atoms with Gasteiger partial charge >= 0.3 is 6.09 Å². The third kappa shape index (κ3) is 6.48. The lowest BCUT2D eigenvalue weighted by Gasteiger charge is -2.30. The van der Waals surface area contributed by atoms with E-state index in [1.165, 1.54) is 10.5 Å². The molecule has 0 saturated carbocycles. The number of carbonyl (C=O) groups excluding carboxylic acids is 2. The zero-order valence-corrected chi connectivity index (χ0v) is 17.3. The smallest absolute Gasteiger partial charge is 0.411 e. The number of halogens is 1. The molecule has 6 nitrogen and oxygen atoms in total. The van der Waals surface area contributed by atoms with Crippen molar-refractivity contribution in [1.82, 2.24) is 5.32 Å². The molecule has 2 aromatic carbocycles. The van der Waals surface area contributed by atoms with Crippen molar-refractivity contribution in [3.05, 3.63) is 64.7 Å². The van der Waals surface area contributed by atoms with Crippen LogP contribution in [0.3, 0.4) is 0 Å². The van der Waals surface area contributed by atoms with Crippen molar-refractivity contribution in [2.24, 2.45) is 0 Å². The molecule has 2 amide bonds. The van der Waals surface area contributed by atoms with Gasteiger partial charge in [0, 0.05) is 40.7 Å². The number of amides is 2. The summed E-state index contributed by atoms with van der Waals surface area (Å²) in [7, 11) is 0. The Morgan fingerprint density at radius 2 is 1.86 bits per heavy atom. The Morgan fingerprint density at radius 3 is 2.55 bits per heavy atom. The first-order chi connectivity index (χ1) is 14.0. The van der Waals surface area contributed by atoms with Crippen LogP contribution in [0.2, 0.25) is 5.02 Å². The lowest BCUT2D eigenvalue weighted by Crippen LogP contribution is -3.12. The number of rotatable bonds is 6. The van der Waals surface area contributed by atoms with E-state index in [0.29, 0.717) is 17.9 Å². The molecule has 1 aliphatic heterocycles. The second-order valence-corrected chi connectivity index (χ2v) is 7.66. The molecule has 0 spiro atoms. The Morgan fingerprint density at radius 1 is 1.14 bits per heavy atom. The van der Waals surface area contributed by atoms with Crippen molar-refractivity contribution >= 4 is 29.3 Å². The van der Waals surface area contributed by atoms with Gasteiger partial charge < -0.3 is 15.0 Å². The molecule has 1 fully saturated rings. The minimum atomic E-state index is -0.527. The van der Waals surface area contributed by atoms with Crippen molar-refractivity contribution in [2.75, 3.05) is 25.0 Å². The van der Waals surface area contributed by atoms with Crippen LogP contribution in [0.25, 0.3) is 0 Å². The molecule has 154 valence electrons. The maximum Gasteiger partial charge on any atom is 0.411 e. The minimum absolute atomic E-state index is 0.122. The van der Waals surface area contributed by atoms with Crippen LogP contribution in [0.5, 0.6) is 0 Å². The molecule has 0 atom stereocenters. The summed E-state index contributed by atoms with van der Waals surface area (Å²) in [6.45, 7) is 5.03. The number of piperidine rings is 1.